The van der Waals surface area contributed by atoms with Crippen LogP contribution in [0.4, 0.5) is 23.2 Å². The van der Waals surface area contributed by atoms with Crippen molar-refractivity contribution in [2.45, 2.75) is 51.4 Å². The van der Waals surface area contributed by atoms with Gasteiger partial charge in [0.05, 0.1) is 23.8 Å². The lowest BCUT2D eigenvalue weighted by Gasteiger charge is -2.44. The molecule has 0 fully saturated rings. The first-order valence-electron chi connectivity index (χ1n) is 12.4. The van der Waals surface area contributed by atoms with E-state index in [4.69, 9.17) is 4.43 Å². The van der Waals surface area contributed by atoms with Gasteiger partial charge in [-0.2, -0.15) is 13.2 Å². The molecule has 3 aromatic rings. The van der Waals surface area contributed by atoms with Gasteiger partial charge in [0.15, 0.2) is 5.17 Å². The molecular formula is C29H32F4N2O2SSi. The van der Waals surface area contributed by atoms with E-state index in [0.717, 1.165) is 28.2 Å². The summed E-state index contributed by atoms with van der Waals surface area (Å²) in [5.41, 5.74) is -1.53. The molecule has 1 atom stereocenters. The van der Waals surface area contributed by atoms with Crippen LogP contribution in [-0.2, 0) is 15.4 Å². The van der Waals surface area contributed by atoms with E-state index in [1.54, 1.807) is 6.26 Å². The van der Waals surface area contributed by atoms with Crippen LogP contribution in [0.25, 0.3) is 0 Å². The van der Waals surface area contributed by atoms with Crippen LogP contribution < -0.4 is 15.7 Å². The molecule has 1 unspecified atom stereocenters. The van der Waals surface area contributed by atoms with Crippen molar-refractivity contribution in [1.82, 2.24) is 5.32 Å². The summed E-state index contributed by atoms with van der Waals surface area (Å²) in [4.78, 5) is 17.1. The van der Waals surface area contributed by atoms with Gasteiger partial charge in [0.2, 0.25) is 5.91 Å². The largest absolute Gasteiger partial charge is 0.419 e. The van der Waals surface area contributed by atoms with Crippen molar-refractivity contribution in [1.29, 1.82) is 0 Å². The highest BCUT2D eigenvalue weighted by molar-refractivity contribution is 8.13. The second-order valence-electron chi connectivity index (χ2n) is 10.1. The van der Waals surface area contributed by atoms with E-state index in [0.29, 0.717) is 12.1 Å². The van der Waals surface area contributed by atoms with Gasteiger partial charge < -0.3 is 9.74 Å². The average Bonchev–Trinajstić information content (AvgIpc) is 2.87. The Labute approximate surface area is 232 Å². The maximum atomic E-state index is 13.6. The SMILES string of the molecule is CSC(=Nc1ccc(F)c(C(F)(F)F)c1)NC(=O)CC(C)O[Si](c1ccccc1)(c1ccccc1)C(C)(C)C. The first kappa shape index (κ1) is 30.6. The minimum Gasteiger partial charge on any atom is -0.404 e. The highest BCUT2D eigenvalue weighted by atomic mass is 32.2. The molecular weight excluding hydrogens is 544 g/mol. The molecule has 0 aliphatic carbocycles. The number of carbonyl (C=O) groups is 1. The zero-order valence-corrected chi connectivity index (χ0v) is 24.3. The Kier molecular flexibility index (Phi) is 9.79. The standard InChI is InChI=1S/C29H32F4N2O2SSi/c1-20(18-26(36)35-27(38-5)34-21-16-17-25(30)24(19-21)29(31,32)33)37-39(28(2,3)4,22-12-8-6-9-13-22)23-14-10-7-11-15-23/h6-17,19-20H,18H2,1-5H3,(H,34,35,36). The topological polar surface area (TPSA) is 50.7 Å². The van der Waals surface area contributed by atoms with Crippen molar-refractivity contribution in [2.24, 2.45) is 4.99 Å². The lowest BCUT2D eigenvalue weighted by atomic mass is 10.2. The van der Waals surface area contributed by atoms with Crippen molar-refractivity contribution >= 4 is 47.2 Å². The molecule has 10 heteroatoms. The van der Waals surface area contributed by atoms with Gasteiger partial charge in [0.1, 0.15) is 5.82 Å². The van der Waals surface area contributed by atoms with Gasteiger partial charge in [-0.05, 0) is 46.8 Å². The number of halogens is 4. The number of amidine groups is 1. The third kappa shape index (κ3) is 7.37. The predicted molar refractivity (Wildman–Crippen MR) is 153 cm³/mol. The number of aliphatic imine (C=N–C) groups is 1. The van der Waals surface area contributed by atoms with E-state index >= 15 is 0 Å². The second kappa shape index (κ2) is 12.5. The van der Waals surface area contributed by atoms with Crippen LogP contribution in [0, 0.1) is 5.82 Å². The summed E-state index contributed by atoms with van der Waals surface area (Å²) in [7, 11) is -2.88. The summed E-state index contributed by atoms with van der Waals surface area (Å²) >= 11 is 1.06. The monoisotopic (exact) mass is 576 g/mol. The Hall–Kier alpha value is -2.95. The van der Waals surface area contributed by atoms with Crippen LogP contribution in [-0.4, -0.2) is 31.8 Å². The molecule has 3 rings (SSSR count). The van der Waals surface area contributed by atoms with Gasteiger partial charge in [0, 0.05) is 0 Å². The van der Waals surface area contributed by atoms with Gasteiger partial charge in [-0.1, -0.05) is 93.2 Å². The Bertz CT molecular complexity index is 1260. The second-order valence-corrected chi connectivity index (χ2v) is 15.2. The van der Waals surface area contributed by atoms with Gasteiger partial charge in [-0.25, -0.2) is 9.38 Å². The normalized spacial score (nSPS) is 13.7. The molecule has 1 amide bonds. The fraction of sp³-hybridized carbons (Fsp3) is 0.310. The summed E-state index contributed by atoms with van der Waals surface area (Å²) < 4.78 is 59.8. The highest BCUT2D eigenvalue weighted by Gasteiger charge is 2.51. The number of hydrogen-bond acceptors (Lipinski definition) is 4. The van der Waals surface area contributed by atoms with Gasteiger partial charge in [0.25, 0.3) is 8.32 Å². The Balaban J connectivity index is 1.85. The van der Waals surface area contributed by atoms with Gasteiger partial charge >= 0.3 is 6.18 Å². The van der Waals surface area contributed by atoms with Crippen molar-refractivity contribution in [3.05, 3.63) is 90.2 Å². The van der Waals surface area contributed by atoms with E-state index in [1.807, 2.05) is 43.3 Å². The van der Waals surface area contributed by atoms with Crippen LogP contribution in [0.3, 0.4) is 0 Å². The molecule has 0 spiro atoms. The number of benzene rings is 3. The van der Waals surface area contributed by atoms with E-state index in [-0.39, 0.29) is 22.3 Å². The molecule has 0 heterocycles. The Morgan fingerprint density at radius 2 is 1.51 bits per heavy atom. The van der Waals surface area contributed by atoms with Crippen LogP contribution in [0.5, 0.6) is 0 Å². The number of rotatable bonds is 7. The highest BCUT2D eigenvalue weighted by Crippen LogP contribution is 2.38. The fourth-order valence-electron chi connectivity index (χ4n) is 4.51. The van der Waals surface area contributed by atoms with E-state index < -0.39 is 37.9 Å². The summed E-state index contributed by atoms with van der Waals surface area (Å²) in [5.74, 6) is -1.78. The lowest BCUT2D eigenvalue weighted by molar-refractivity contribution is -0.140. The van der Waals surface area contributed by atoms with Crippen molar-refractivity contribution in [3.8, 4) is 0 Å². The van der Waals surface area contributed by atoms with Crippen LogP contribution in [0.15, 0.2) is 83.9 Å². The summed E-state index contributed by atoms with van der Waals surface area (Å²) in [6, 6.07) is 22.5. The Morgan fingerprint density at radius 3 is 1.97 bits per heavy atom. The van der Waals surface area contributed by atoms with Crippen molar-refractivity contribution in [2.75, 3.05) is 6.26 Å². The smallest absolute Gasteiger partial charge is 0.404 e. The number of nitrogens with one attached hydrogen (secondary N) is 1. The molecule has 0 aliphatic rings. The Morgan fingerprint density at radius 1 is 0.974 bits per heavy atom. The zero-order valence-electron chi connectivity index (χ0n) is 22.5. The van der Waals surface area contributed by atoms with Crippen LogP contribution >= 0.6 is 11.8 Å². The quantitative estimate of drug-likeness (QED) is 0.148. The van der Waals surface area contributed by atoms with E-state index in [1.165, 1.54) is 0 Å². The molecule has 0 bridgehead atoms. The summed E-state index contributed by atoms with van der Waals surface area (Å²) in [6.07, 6.45) is -3.70. The third-order valence-electron chi connectivity index (χ3n) is 6.19. The summed E-state index contributed by atoms with van der Waals surface area (Å²) in [5, 5.41) is 4.64. The molecule has 39 heavy (non-hydrogen) atoms. The number of carbonyl (C=O) groups excluding carboxylic acids is 1. The molecule has 0 aliphatic heterocycles. The number of alkyl halides is 3. The van der Waals surface area contributed by atoms with Crippen LogP contribution in [0.1, 0.15) is 39.7 Å². The van der Waals surface area contributed by atoms with Gasteiger partial charge in [-0.15, -0.1) is 0 Å². The minimum absolute atomic E-state index is 0.00129. The predicted octanol–water partition coefficient (Wildman–Crippen LogP) is 6.67. The van der Waals surface area contributed by atoms with E-state index in [9.17, 15) is 22.4 Å². The number of thioether (sulfide) groups is 1. The maximum absolute atomic E-state index is 13.6. The molecule has 0 saturated carbocycles. The minimum atomic E-state index is -4.86. The first-order valence-corrected chi connectivity index (χ1v) is 15.5. The number of hydrogen-bond donors (Lipinski definition) is 1. The molecule has 0 saturated heterocycles. The molecule has 0 radical (unpaired) electrons. The zero-order chi connectivity index (χ0) is 28.8. The van der Waals surface area contributed by atoms with Crippen LogP contribution in [0.2, 0.25) is 5.04 Å². The molecule has 1 N–H and O–H groups in total. The van der Waals surface area contributed by atoms with Gasteiger partial charge in [-0.3, -0.25) is 4.79 Å². The van der Waals surface area contributed by atoms with Crippen molar-refractivity contribution < 1.29 is 26.8 Å². The number of amides is 1. The van der Waals surface area contributed by atoms with Crippen molar-refractivity contribution in [3.63, 3.8) is 0 Å². The molecule has 3 aromatic carbocycles. The number of nitrogens with zero attached hydrogens (tertiary/aromatic N) is 1. The first-order chi connectivity index (χ1) is 18.3. The van der Waals surface area contributed by atoms with E-state index in [2.05, 4.69) is 55.3 Å². The molecule has 208 valence electrons. The fourth-order valence-corrected chi connectivity index (χ4v) is 9.62. The molecule has 4 nitrogen and oxygen atoms in total. The summed E-state index contributed by atoms with van der Waals surface area (Å²) in [6.45, 7) is 8.26. The maximum Gasteiger partial charge on any atom is 0.419 e. The average molecular weight is 577 g/mol. The molecule has 0 aromatic heterocycles. The third-order valence-corrected chi connectivity index (χ3v) is 11.9. The lowest BCUT2D eigenvalue weighted by Crippen LogP contribution is -2.67.